The van der Waals surface area contributed by atoms with Gasteiger partial charge in [0, 0.05) is 12.7 Å². The van der Waals surface area contributed by atoms with Gasteiger partial charge in [0.25, 0.3) is 0 Å². The van der Waals surface area contributed by atoms with Crippen molar-refractivity contribution in [2.75, 3.05) is 7.11 Å². The molecule has 1 N–H and O–H groups in total. The fourth-order valence-electron chi connectivity index (χ4n) is 1.55. The van der Waals surface area contributed by atoms with Crippen molar-refractivity contribution in [3.05, 3.63) is 34.9 Å². The second-order valence-electron chi connectivity index (χ2n) is 3.33. The van der Waals surface area contributed by atoms with Crippen LogP contribution >= 0.6 is 0 Å². The summed E-state index contributed by atoms with van der Waals surface area (Å²) in [6.07, 6.45) is 1.15. The van der Waals surface area contributed by atoms with Crippen molar-refractivity contribution >= 4 is 0 Å². The van der Waals surface area contributed by atoms with E-state index in [2.05, 4.69) is 19.9 Å². The van der Waals surface area contributed by atoms with Gasteiger partial charge >= 0.3 is 0 Å². The number of methoxy groups -OCH3 is 1. The van der Waals surface area contributed by atoms with Crippen LogP contribution in [0.1, 0.15) is 36.8 Å². The molecule has 1 atom stereocenters. The zero-order valence-electron chi connectivity index (χ0n) is 9.08. The Morgan fingerprint density at radius 1 is 1.29 bits per heavy atom. The normalized spacial score (nSPS) is 12.9. The molecule has 0 radical (unpaired) electrons. The van der Waals surface area contributed by atoms with Crippen LogP contribution < -0.4 is 0 Å². The Morgan fingerprint density at radius 3 is 2.50 bits per heavy atom. The predicted octanol–water partition coefficient (Wildman–Crippen LogP) is 2.45. The SMILES string of the molecule is CCc1ccc(C(O)OC)c(CC)c1. The molecule has 0 aliphatic heterocycles. The minimum atomic E-state index is -0.796. The van der Waals surface area contributed by atoms with Gasteiger partial charge in [-0.3, -0.25) is 0 Å². The van der Waals surface area contributed by atoms with Crippen molar-refractivity contribution < 1.29 is 9.84 Å². The van der Waals surface area contributed by atoms with Crippen LogP contribution in [-0.4, -0.2) is 12.2 Å². The lowest BCUT2D eigenvalue weighted by Crippen LogP contribution is -2.04. The lowest BCUT2D eigenvalue weighted by Gasteiger charge is -2.14. The summed E-state index contributed by atoms with van der Waals surface area (Å²) in [5.74, 6) is 0. The Labute approximate surface area is 85.5 Å². The number of hydrogen-bond acceptors (Lipinski definition) is 2. The number of aliphatic hydroxyl groups excluding tert-OH is 1. The lowest BCUT2D eigenvalue weighted by molar-refractivity contribution is -0.0774. The van der Waals surface area contributed by atoms with Gasteiger partial charge in [0.1, 0.15) is 0 Å². The summed E-state index contributed by atoms with van der Waals surface area (Å²) in [6, 6.07) is 6.13. The molecule has 1 rings (SSSR count). The number of aryl methyl sites for hydroxylation is 2. The summed E-state index contributed by atoms with van der Waals surface area (Å²) in [5, 5.41) is 9.58. The van der Waals surface area contributed by atoms with Crippen molar-refractivity contribution in [1.29, 1.82) is 0 Å². The van der Waals surface area contributed by atoms with Gasteiger partial charge in [0.15, 0.2) is 6.29 Å². The van der Waals surface area contributed by atoms with E-state index in [1.807, 2.05) is 12.1 Å². The highest BCUT2D eigenvalue weighted by atomic mass is 16.6. The quantitative estimate of drug-likeness (QED) is 0.746. The first-order valence-corrected chi connectivity index (χ1v) is 5.05. The minimum Gasteiger partial charge on any atom is -0.364 e. The standard InChI is InChI=1S/C12H18O2/c1-4-9-6-7-11(12(13)14-3)10(5-2)8-9/h6-8,12-13H,4-5H2,1-3H3. The first-order valence-electron chi connectivity index (χ1n) is 5.05. The van der Waals surface area contributed by atoms with Gasteiger partial charge in [0.05, 0.1) is 0 Å². The number of rotatable bonds is 4. The third kappa shape index (κ3) is 2.34. The van der Waals surface area contributed by atoms with Crippen LogP contribution in [0.15, 0.2) is 18.2 Å². The first kappa shape index (κ1) is 11.2. The van der Waals surface area contributed by atoms with E-state index in [1.165, 1.54) is 18.2 Å². The molecular formula is C12H18O2. The summed E-state index contributed by atoms with van der Waals surface area (Å²) in [7, 11) is 1.51. The monoisotopic (exact) mass is 194 g/mol. The van der Waals surface area contributed by atoms with Crippen LogP contribution in [0.2, 0.25) is 0 Å². The molecule has 0 aromatic heterocycles. The third-order valence-corrected chi connectivity index (χ3v) is 2.49. The van der Waals surface area contributed by atoms with E-state index >= 15 is 0 Å². The van der Waals surface area contributed by atoms with Crippen LogP contribution in [0.5, 0.6) is 0 Å². The molecule has 0 bridgehead atoms. The number of ether oxygens (including phenoxy) is 1. The number of aliphatic hydroxyl groups is 1. The molecule has 0 amide bonds. The molecule has 1 aromatic carbocycles. The van der Waals surface area contributed by atoms with Crippen LogP contribution in [0.25, 0.3) is 0 Å². The van der Waals surface area contributed by atoms with Crippen molar-refractivity contribution in [3.63, 3.8) is 0 Å². The Bertz CT molecular complexity index is 294. The molecule has 0 aliphatic carbocycles. The molecule has 0 heterocycles. The van der Waals surface area contributed by atoms with Crippen LogP contribution in [0.4, 0.5) is 0 Å². The maximum Gasteiger partial charge on any atom is 0.181 e. The summed E-state index contributed by atoms with van der Waals surface area (Å²) in [4.78, 5) is 0. The largest absolute Gasteiger partial charge is 0.364 e. The Hall–Kier alpha value is -0.860. The zero-order chi connectivity index (χ0) is 10.6. The number of benzene rings is 1. The molecule has 0 aliphatic rings. The average molecular weight is 194 g/mol. The molecular weight excluding hydrogens is 176 g/mol. The van der Waals surface area contributed by atoms with E-state index in [9.17, 15) is 5.11 Å². The summed E-state index contributed by atoms with van der Waals surface area (Å²) in [6.45, 7) is 4.21. The zero-order valence-corrected chi connectivity index (χ0v) is 9.08. The number of hydrogen-bond donors (Lipinski definition) is 1. The maximum absolute atomic E-state index is 9.58. The highest BCUT2D eigenvalue weighted by molar-refractivity contribution is 5.33. The molecule has 0 saturated heterocycles. The smallest absolute Gasteiger partial charge is 0.181 e. The molecule has 1 unspecified atom stereocenters. The lowest BCUT2D eigenvalue weighted by atomic mass is 10.0. The Kier molecular flexibility index (Phi) is 4.11. The molecule has 0 fully saturated rings. The summed E-state index contributed by atoms with van der Waals surface area (Å²) < 4.78 is 4.91. The van der Waals surface area contributed by atoms with E-state index in [-0.39, 0.29) is 0 Å². The second-order valence-corrected chi connectivity index (χ2v) is 3.33. The van der Waals surface area contributed by atoms with E-state index in [1.54, 1.807) is 0 Å². The third-order valence-electron chi connectivity index (χ3n) is 2.49. The second kappa shape index (κ2) is 5.13. The van der Waals surface area contributed by atoms with Crippen molar-refractivity contribution in [3.8, 4) is 0 Å². The highest BCUT2D eigenvalue weighted by Crippen LogP contribution is 2.20. The van der Waals surface area contributed by atoms with Gasteiger partial charge in [0.2, 0.25) is 0 Å². The first-order chi connectivity index (χ1) is 6.72. The highest BCUT2D eigenvalue weighted by Gasteiger charge is 2.10. The molecule has 0 spiro atoms. The molecule has 0 saturated carbocycles. The van der Waals surface area contributed by atoms with Crippen molar-refractivity contribution in [2.24, 2.45) is 0 Å². The summed E-state index contributed by atoms with van der Waals surface area (Å²) in [5.41, 5.74) is 3.35. The van der Waals surface area contributed by atoms with E-state index in [4.69, 9.17) is 4.74 Å². The molecule has 1 aromatic rings. The van der Waals surface area contributed by atoms with Gasteiger partial charge in [-0.25, -0.2) is 0 Å². The van der Waals surface area contributed by atoms with Crippen molar-refractivity contribution in [1.82, 2.24) is 0 Å². The maximum atomic E-state index is 9.58. The Morgan fingerprint density at radius 2 is 2.00 bits per heavy atom. The van der Waals surface area contributed by atoms with Crippen LogP contribution in [-0.2, 0) is 17.6 Å². The van der Waals surface area contributed by atoms with Gasteiger partial charge in [-0.2, -0.15) is 0 Å². The summed E-state index contributed by atoms with van der Waals surface area (Å²) >= 11 is 0. The van der Waals surface area contributed by atoms with Crippen LogP contribution in [0, 0.1) is 0 Å². The fraction of sp³-hybridized carbons (Fsp3) is 0.500. The topological polar surface area (TPSA) is 29.5 Å². The Balaban J connectivity index is 3.04. The van der Waals surface area contributed by atoms with Gasteiger partial charge < -0.3 is 9.84 Å². The van der Waals surface area contributed by atoms with Crippen molar-refractivity contribution in [2.45, 2.75) is 33.0 Å². The van der Waals surface area contributed by atoms with E-state index in [0.29, 0.717) is 0 Å². The van der Waals surface area contributed by atoms with Crippen LogP contribution in [0.3, 0.4) is 0 Å². The molecule has 2 nitrogen and oxygen atoms in total. The van der Waals surface area contributed by atoms with E-state index < -0.39 is 6.29 Å². The molecule has 2 heteroatoms. The van der Waals surface area contributed by atoms with Gasteiger partial charge in [-0.05, 0) is 24.0 Å². The van der Waals surface area contributed by atoms with Gasteiger partial charge in [-0.1, -0.05) is 32.0 Å². The fourth-order valence-corrected chi connectivity index (χ4v) is 1.55. The van der Waals surface area contributed by atoms with E-state index in [0.717, 1.165) is 18.4 Å². The molecule has 78 valence electrons. The predicted molar refractivity (Wildman–Crippen MR) is 57.2 cm³/mol. The molecule has 14 heavy (non-hydrogen) atoms. The average Bonchev–Trinajstić information content (AvgIpc) is 2.27. The van der Waals surface area contributed by atoms with Gasteiger partial charge in [-0.15, -0.1) is 0 Å². The minimum absolute atomic E-state index is 0.796.